The van der Waals surface area contributed by atoms with Crippen molar-refractivity contribution in [3.63, 3.8) is 0 Å². The third-order valence-corrected chi connectivity index (χ3v) is 4.24. The molecule has 1 aliphatic heterocycles. The van der Waals surface area contributed by atoms with Crippen LogP contribution in [0.1, 0.15) is 46.0 Å². The van der Waals surface area contributed by atoms with Crippen LogP contribution in [0.3, 0.4) is 0 Å². The van der Waals surface area contributed by atoms with Crippen molar-refractivity contribution in [2.75, 3.05) is 19.7 Å². The van der Waals surface area contributed by atoms with E-state index in [1.54, 1.807) is 0 Å². The summed E-state index contributed by atoms with van der Waals surface area (Å²) < 4.78 is 0. The number of hydrogen-bond acceptors (Lipinski definition) is 3. The summed E-state index contributed by atoms with van der Waals surface area (Å²) in [5.74, 6) is 0.467. The Balaban J connectivity index is 1.66. The Morgan fingerprint density at radius 3 is 2.40 bits per heavy atom. The van der Waals surface area contributed by atoms with Gasteiger partial charge in [-0.2, -0.15) is 0 Å². The standard InChI is InChI=1S/C15H29N3O2/c1-11(2)9-13(10-19)17-15(20)16-12-5-7-18(8-6-12)14-3-4-14/h11-14,19H,3-10H2,1-2H3,(H2,16,17,20). The van der Waals surface area contributed by atoms with Crippen molar-refractivity contribution in [3.8, 4) is 0 Å². The van der Waals surface area contributed by atoms with Gasteiger partial charge in [-0.05, 0) is 38.0 Å². The van der Waals surface area contributed by atoms with Crippen LogP contribution in [0.5, 0.6) is 0 Å². The lowest BCUT2D eigenvalue weighted by molar-refractivity contribution is 0.179. The smallest absolute Gasteiger partial charge is 0.315 e. The fourth-order valence-electron chi connectivity index (χ4n) is 3.01. The maximum absolute atomic E-state index is 11.9. The molecule has 1 saturated carbocycles. The highest BCUT2D eigenvalue weighted by Gasteiger charge is 2.32. The summed E-state index contributed by atoms with van der Waals surface area (Å²) in [5.41, 5.74) is 0. The molecule has 1 aliphatic carbocycles. The van der Waals surface area contributed by atoms with Crippen LogP contribution in [0.15, 0.2) is 0 Å². The third kappa shape index (κ3) is 4.94. The van der Waals surface area contributed by atoms with Crippen LogP contribution >= 0.6 is 0 Å². The predicted octanol–water partition coefficient (Wildman–Crippen LogP) is 1.32. The zero-order chi connectivity index (χ0) is 14.5. The Kier molecular flexibility index (Phi) is 5.66. The molecule has 2 rings (SSSR count). The Morgan fingerprint density at radius 1 is 1.25 bits per heavy atom. The molecular weight excluding hydrogens is 254 g/mol. The van der Waals surface area contributed by atoms with Gasteiger partial charge in [0, 0.05) is 25.2 Å². The molecule has 1 heterocycles. The Hall–Kier alpha value is -0.810. The molecule has 1 atom stereocenters. The van der Waals surface area contributed by atoms with Crippen molar-refractivity contribution in [2.45, 2.75) is 64.1 Å². The number of nitrogens with one attached hydrogen (secondary N) is 2. The first-order valence-corrected chi connectivity index (χ1v) is 8.00. The topological polar surface area (TPSA) is 64.6 Å². The first-order chi connectivity index (χ1) is 9.58. The van der Waals surface area contributed by atoms with E-state index in [0.717, 1.165) is 38.4 Å². The van der Waals surface area contributed by atoms with Crippen molar-refractivity contribution in [2.24, 2.45) is 5.92 Å². The van der Waals surface area contributed by atoms with E-state index >= 15 is 0 Å². The number of carbonyl (C=O) groups excluding carboxylic acids is 1. The van der Waals surface area contributed by atoms with E-state index in [1.807, 2.05) is 0 Å². The van der Waals surface area contributed by atoms with Crippen LogP contribution in [0.4, 0.5) is 4.79 Å². The van der Waals surface area contributed by atoms with Gasteiger partial charge in [0.1, 0.15) is 0 Å². The fraction of sp³-hybridized carbons (Fsp3) is 0.933. The van der Waals surface area contributed by atoms with Crippen LogP contribution in [-0.2, 0) is 0 Å². The first-order valence-electron chi connectivity index (χ1n) is 8.00. The Labute approximate surface area is 122 Å². The van der Waals surface area contributed by atoms with Crippen molar-refractivity contribution in [1.82, 2.24) is 15.5 Å². The normalized spacial score (nSPS) is 22.8. The summed E-state index contributed by atoms with van der Waals surface area (Å²) in [6.07, 6.45) is 5.59. The maximum Gasteiger partial charge on any atom is 0.315 e. The van der Waals surface area contributed by atoms with E-state index in [2.05, 4.69) is 29.4 Å². The SMILES string of the molecule is CC(C)CC(CO)NC(=O)NC1CCN(C2CC2)CC1. The van der Waals surface area contributed by atoms with Gasteiger partial charge < -0.3 is 20.6 Å². The number of hydrogen-bond donors (Lipinski definition) is 3. The highest BCUT2D eigenvalue weighted by molar-refractivity contribution is 5.74. The molecule has 5 nitrogen and oxygen atoms in total. The largest absolute Gasteiger partial charge is 0.394 e. The molecule has 1 unspecified atom stereocenters. The molecule has 2 amide bonds. The van der Waals surface area contributed by atoms with Gasteiger partial charge in [0.05, 0.1) is 12.6 Å². The molecule has 2 fully saturated rings. The van der Waals surface area contributed by atoms with Gasteiger partial charge in [-0.25, -0.2) is 4.79 Å². The van der Waals surface area contributed by atoms with Crippen molar-refractivity contribution in [3.05, 3.63) is 0 Å². The number of carbonyl (C=O) groups is 1. The number of likely N-dealkylation sites (tertiary alicyclic amines) is 1. The summed E-state index contributed by atoms with van der Waals surface area (Å²) in [6, 6.07) is 0.842. The summed E-state index contributed by atoms with van der Waals surface area (Å²) in [5, 5.41) is 15.2. The molecule has 0 aromatic rings. The minimum Gasteiger partial charge on any atom is -0.394 e. The van der Waals surface area contributed by atoms with Gasteiger partial charge in [-0.15, -0.1) is 0 Å². The van der Waals surface area contributed by atoms with Crippen LogP contribution < -0.4 is 10.6 Å². The van der Waals surface area contributed by atoms with Gasteiger partial charge in [-0.3, -0.25) is 0 Å². The van der Waals surface area contributed by atoms with E-state index in [-0.39, 0.29) is 24.7 Å². The molecular formula is C15H29N3O2. The van der Waals surface area contributed by atoms with Gasteiger partial charge in [0.2, 0.25) is 0 Å². The predicted molar refractivity (Wildman–Crippen MR) is 79.6 cm³/mol. The summed E-state index contributed by atoms with van der Waals surface area (Å²) in [6.45, 7) is 6.40. The molecule has 20 heavy (non-hydrogen) atoms. The van der Waals surface area contributed by atoms with E-state index in [1.165, 1.54) is 12.8 Å². The Morgan fingerprint density at radius 2 is 1.90 bits per heavy atom. The minimum atomic E-state index is -0.137. The molecule has 0 aromatic heterocycles. The monoisotopic (exact) mass is 283 g/mol. The molecule has 5 heteroatoms. The lowest BCUT2D eigenvalue weighted by Gasteiger charge is -2.32. The second-order valence-corrected chi connectivity index (χ2v) is 6.67. The summed E-state index contributed by atoms with van der Waals surface area (Å²) in [7, 11) is 0. The number of rotatable bonds is 6. The van der Waals surface area contributed by atoms with Crippen molar-refractivity contribution in [1.29, 1.82) is 0 Å². The zero-order valence-electron chi connectivity index (χ0n) is 12.8. The highest BCUT2D eigenvalue weighted by atomic mass is 16.3. The molecule has 0 bridgehead atoms. The minimum absolute atomic E-state index is 0.00568. The first kappa shape index (κ1) is 15.6. The molecule has 3 N–H and O–H groups in total. The van der Waals surface area contributed by atoms with Crippen LogP contribution in [0, 0.1) is 5.92 Å². The average molecular weight is 283 g/mol. The number of nitrogens with zero attached hydrogens (tertiary/aromatic N) is 1. The third-order valence-electron chi connectivity index (χ3n) is 4.24. The van der Waals surface area contributed by atoms with Crippen LogP contribution in [-0.4, -0.2) is 53.9 Å². The van der Waals surface area contributed by atoms with Crippen molar-refractivity contribution < 1.29 is 9.90 Å². The van der Waals surface area contributed by atoms with E-state index < -0.39 is 0 Å². The number of aliphatic hydroxyl groups excluding tert-OH is 1. The van der Waals surface area contributed by atoms with Gasteiger partial charge in [0.15, 0.2) is 0 Å². The number of amides is 2. The lowest BCUT2D eigenvalue weighted by Crippen LogP contribution is -2.51. The van der Waals surface area contributed by atoms with Gasteiger partial charge in [-0.1, -0.05) is 13.8 Å². The van der Waals surface area contributed by atoms with Crippen LogP contribution in [0.2, 0.25) is 0 Å². The Bertz CT molecular complexity index is 310. The van der Waals surface area contributed by atoms with E-state index in [4.69, 9.17) is 0 Å². The molecule has 1 saturated heterocycles. The second kappa shape index (κ2) is 7.27. The molecule has 2 aliphatic rings. The van der Waals surface area contributed by atoms with Crippen molar-refractivity contribution >= 4 is 6.03 Å². The number of piperidine rings is 1. The lowest BCUT2D eigenvalue weighted by atomic mass is 10.0. The molecule has 116 valence electrons. The average Bonchev–Trinajstić information content (AvgIpc) is 3.22. The maximum atomic E-state index is 11.9. The summed E-state index contributed by atoms with van der Waals surface area (Å²) in [4.78, 5) is 14.5. The molecule has 0 radical (unpaired) electrons. The van der Waals surface area contributed by atoms with E-state index in [0.29, 0.717) is 5.92 Å². The van der Waals surface area contributed by atoms with Gasteiger partial charge in [0.25, 0.3) is 0 Å². The molecule has 0 aromatic carbocycles. The van der Waals surface area contributed by atoms with E-state index in [9.17, 15) is 9.90 Å². The van der Waals surface area contributed by atoms with Crippen LogP contribution in [0.25, 0.3) is 0 Å². The van der Waals surface area contributed by atoms with Gasteiger partial charge >= 0.3 is 6.03 Å². The number of aliphatic hydroxyl groups is 1. The zero-order valence-corrected chi connectivity index (χ0v) is 12.8. The number of urea groups is 1. The fourth-order valence-corrected chi connectivity index (χ4v) is 3.01. The quantitative estimate of drug-likeness (QED) is 0.689. The second-order valence-electron chi connectivity index (χ2n) is 6.67. The molecule has 0 spiro atoms. The highest BCUT2D eigenvalue weighted by Crippen LogP contribution is 2.29. The summed E-state index contributed by atoms with van der Waals surface area (Å²) >= 11 is 0.